The monoisotopic (exact) mass is 517 g/mol. The van der Waals surface area contributed by atoms with Gasteiger partial charge in [0, 0.05) is 36.4 Å². The molecule has 1 saturated carbocycles. The van der Waals surface area contributed by atoms with E-state index in [0.717, 1.165) is 6.54 Å². The van der Waals surface area contributed by atoms with E-state index < -0.39 is 0 Å². The van der Waals surface area contributed by atoms with E-state index in [0.29, 0.717) is 39.3 Å². The summed E-state index contributed by atoms with van der Waals surface area (Å²) in [6.45, 7) is 0.745. The topological polar surface area (TPSA) is 102 Å². The van der Waals surface area contributed by atoms with E-state index in [9.17, 15) is 9.59 Å². The highest BCUT2D eigenvalue weighted by Gasteiger charge is 2.22. The number of nitrogens with zero attached hydrogens (tertiary/aromatic N) is 6. The first-order chi connectivity index (χ1) is 17.8. The van der Waals surface area contributed by atoms with Crippen molar-refractivity contribution in [2.24, 2.45) is 0 Å². The molecule has 2 N–H and O–H groups in total. The average molecular weight is 518 g/mol. The number of hydrogen-bond donors (Lipinski definition) is 1. The highest BCUT2D eigenvalue weighted by molar-refractivity contribution is 6.30. The first-order valence-corrected chi connectivity index (χ1v) is 12.5. The van der Waals surface area contributed by atoms with Crippen LogP contribution in [0.4, 0.5) is 11.5 Å². The molecule has 2 heterocycles. The summed E-state index contributed by atoms with van der Waals surface area (Å²) >= 11 is 6.04. The second kappa shape index (κ2) is 10.2. The number of amides is 1. The number of benzene rings is 2. The zero-order valence-electron chi connectivity index (χ0n) is 20.7. The van der Waals surface area contributed by atoms with Crippen LogP contribution < -0.4 is 16.3 Å². The number of carbonyl (C=O) groups excluding carboxylic acids is 1. The molecule has 0 spiro atoms. The highest BCUT2D eigenvalue weighted by atomic mass is 35.5. The Morgan fingerprint density at radius 3 is 2.35 bits per heavy atom. The van der Waals surface area contributed by atoms with Crippen molar-refractivity contribution in [3.63, 3.8) is 0 Å². The number of nitrogen functional groups attached to an aromatic ring is 1. The first kappa shape index (κ1) is 24.7. The average Bonchev–Trinajstić information content (AvgIpc) is 3.16. The molecule has 2 aromatic carbocycles. The van der Waals surface area contributed by atoms with Crippen molar-refractivity contribution in [2.75, 3.05) is 31.3 Å². The molecule has 0 unspecified atom stereocenters. The number of carbonyl (C=O) groups is 1. The van der Waals surface area contributed by atoms with Gasteiger partial charge in [0.1, 0.15) is 11.8 Å². The SMILES string of the molecule is CN(C(=O)/C=C/CN(C)C1CCC1)c1ccc(-n2c(=O)n(-c3ccc(Cl)cc3)c3c(N)ncnc32)cc1. The molecule has 5 rings (SSSR count). The summed E-state index contributed by atoms with van der Waals surface area (Å²) in [4.78, 5) is 38.6. The Hall–Kier alpha value is -3.95. The van der Waals surface area contributed by atoms with Gasteiger partial charge in [-0.25, -0.2) is 19.3 Å². The molecule has 0 aliphatic heterocycles. The van der Waals surface area contributed by atoms with Gasteiger partial charge in [-0.05, 0) is 68.4 Å². The van der Waals surface area contributed by atoms with Crippen LogP contribution in [0, 0.1) is 0 Å². The third kappa shape index (κ3) is 4.75. The molecule has 0 radical (unpaired) electrons. The quantitative estimate of drug-likeness (QED) is 0.374. The van der Waals surface area contributed by atoms with E-state index >= 15 is 0 Å². The third-order valence-corrected chi connectivity index (χ3v) is 7.16. The molecule has 190 valence electrons. The highest BCUT2D eigenvalue weighted by Crippen LogP contribution is 2.25. The van der Waals surface area contributed by atoms with Gasteiger partial charge in [0.05, 0.1) is 11.4 Å². The van der Waals surface area contributed by atoms with Crippen LogP contribution in [-0.2, 0) is 4.79 Å². The molecule has 37 heavy (non-hydrogen) atoms. The molecule has 1 amide bonds. The van der Waals surface area contributed by atoms with E-state index in [4.69, 9.17) is 17.3 Å². The van der Waals surface area contributed by atoms with Gasteiger partial charge in [-0.2, -0.15) is 0 Å². The van der Waals surface area contributed by atoms with E-state index in [1.165, 1.54) is 34.7 Å². The van der Waals surface area contributed by atoms with Gasteiger partial charge in [0.25, 0.3) is 0 Å². The molecular formula is C27H28ClN7O2. The number of nitrogens with two attached hydrogens (primary N) is 1. The van der Waals surface area contributed by atoms with Gasteiger partial charge >= 0.3 is 5.69 Å². The molecule has 0 saturated heterocycles. The van der Waals surface area contributed by atoms with Crippen LogP contribution in [0.15, 0.2) is 71.8 Å². The fourth-order valence-corrected chi connectivity index (χ4v) is 4.60. The number of fused-ring (bicyclic) bond motifs is 1. The summed E-state index contributed by atoms with van der Waals surface area (Å²) in [5, 5.41) is 0.555. The Morgan fingerprint density at radius 1 is 1.05 bits per heavy atom. The lowest BCUT2D eigenvalue weighted by atomic mass is 9.92. The Kier molecular flexibility index (Phi) is 6.82. The lowest BCUT2D eigenvalue weighted by Crippen LogP contribution is -2.37. The standard InChI is InChI=1S/C27H28ClN7O2/c1-32(19-5-3-6-19)16-4-7-23(36)33(2)20-12-14-22(15-13-20)35-26-24(25(29)30-17-31-26)34(27(35)37)21-10-8-18(28)9-11-21/h4,7-15,17,19H,3,5-6,16H2,1-2H3,(H2,29,30,31)/b7-4+. The summed E-state index contributed by atoms with van der Waals surface area (Å²) < 4.78 is 2.94. The summed E-state index contributed by atoms with van der Waals surface area (Å²) in [5.41, 5.74) is 8.48. The normalized spacial score (nSPS) is 13.9. The fraction of sp³-hybridized carbons (Fsp3) is 0.259. The van der Waals surface area contributed by atoms with E-state index in [2.05, 4.69) is 21.9 Å². The fourth-order valence-electron chi connectivity index (χ4n) is 4.47. The molecule has 1 aliphatic carbocycles. The van der Waals surface area contributed by atoms with Crippen molar-refractivity contribution in [3.05, 3.63) is 82.5 Å². The van der Waals surface area contributed by atoms with E-state index in [1.54, 1.807) is 66.6 Å². The number of aromatic nitrogens is 4. The maximum Gasteiger partial charge on any atom is 0.339 e. The summed E-state index contributed by atoms with van der Waals surface area (Å²) in [6, 6.07) is 14.6. The molecule has 1 aliphatic rings. The second-order valence-electron chi connectivity index (χ2n) is 9.20. The maximum atomic E-state index is 13.6. The summed E-state index contributed by atoms with van der Waals surface area (Å²) in [5.74, 6) is 0.0688. The van der Waals surface area contributed by atoms with Gasteiger partial charge < -0.3 is 10.6 Å². The minimum absolute atomic E-state index is 0.119. The van der Waals surface area contributed by atoms with Gasteiger partial charge in [-0.3, -0.25) is 14.3 Å². The molecule has 10 heteroatoms. The number of hydrogen-bond acceptors (Lipinski definition) is 6. The predicted molar refractivity (Wildman–Crippen MR) is 147 cm³/mol. The first-order valence-electron chi connectivity index (χ1n) is 12.1. The van der Waals surface area contributed by atoms with Crippen LogP contribution in [-0.4, -0.2) is 56.6 Å². The molecular weight excluding hydrogens is 490 g/mol. The smallest absolute Gasteiger partial charge is 0.339 e. The van der Waals surface area contributed by atoms with Crippen LogP contribution in [0.25, 0.3) is 22.5 Å². The lowest BCUT2D eigenvalue weighted by molar-refractivity contribution is -0.113. The second-order valence-corrected chi connectivity index (χ2v) is 9.64. The third-order valence-electron chi connectivity index (χ3n) is 6.91. The number of anilines is 2. The van der Waals surface area contributed by atoms with Crippen molar-refractivity contribution in [1.82, 2.24) is 24.0 Å². The van der Waals surface area contributed by atoms with Gasteiger partial charge in [-0.15, -0.1) is 0 Å². The van der Waals surface area contributed by atoms with Crippen molar-refractivity contribution < 1.29 is 4.79 Å². The van der Waals surface area contributed by atoms with Crippen molar-refractivity contribution in [3.8, 4) is 11.4 Å². The Bertz CT molecular complexity index is 1520. The zero-order valence-corrected chi connectivity index (χ0v) is 21.5. The molecule has 0 atom stereocenters. The Morgan fingerprint density at radius 2 is 1.70 bits per heavy atom. The minimum atomic E-state index is -0.347. The predicted octanol–water partition coefficient (Wildman–Crippen LogP) is 3.81. The van der Waals surface area contributed by atoms with Crippen LogP contribution in [0.2, 0.25) is 5.02 Å². The van der Waals surface area contributed by atoms with Crippen molar-refractivity contribution >= 4 is 40.2 Å². The van der Waals surface area contributed by atoms with Crippen molar-refractivity contribution in [2.45, 2.75) is 25.3 Å². The number of halogens is 1. The van der Waals surface area contributed by atoms with Crippen LogP contribution in [0.5, 0.6) is 0 Å². The molecule has 4 aromatic rings. The molecule has 1 fully saturated rings. The summed E-state index contributed by atoms with van der Waals surface area (Å²) in [6.07, 6.45) is 8.57. The van der Waals surface area contributed by atoms with Gasteiger partial charge in [0.15, 0.2) is 11.5 Å². The van der Waals surface area contributed by atoms with E-state index in [-0.39, 0.29) is 17.4 Å². The Balaban J connectivity index is 1.43. The zero-order chi connectivity index (χ0) is 26.1. The molecule has 0 bridgehead atoms. The van der Waals surface area contributed by atoms with E-state index in [1.807, 2.05) is 6.08 Å². The molecule has 9 nitrogen and oxygen atoms in total. The van der Waals surface area contributed by atoms with Crippen LogP contribution in [0.1, 0.15) is 19.3 Å². The maximum absolute atomic E-state index is 13.6. The minimum Gasteiger partial charge on any atom is -0.382 e. The van der Waals surface area contributed by atoms with Crippen molar-refractivity contribution in [1.29, 1.82) is 0 Å². The van der Waals surface area contributed by atoms with Gasteiger partial charge in [-0.1, -0.05) is 24.1 Å². The van der Waals surface area contributed by atoms with Crippen LogP contribution >= 0.6 is 11.6 Å². The number of rotatable bonds is 7. The Labute approximate surface area is 219 Å². The molecule has 2 aromatic heterocycles. The largest absolute Gasteiger partial charge is 0.382 e. The summed E-state index contributed by atoms with van der Waals surface area (Å²) in [7, 11) is 3.81. The lowest BCUT2D eigenvalue weighted by Gasteiger charge is -2.33. The number of likely N-dealkylation sites (N-methyl/N-ethyl adjacent to an activating group) is 2. The van der Waals surface area contributed by atoms with Crippen LogP contribution in [0.3, 0.4) is 0 Å². The van der Waals surface area contributed by atoms with Gasteiger partial charge in [0.2, 0.25) is 5.91 Å². The number of imidazole rings is 1.